The number of aromatic nitrogens is 2. The first kappa shape index (κ1) is 15.4. The molecule has 3 nitrogen and oxygen atoms in total. The van der Waals surface area contributed by atoms with Gasteiger partial charge in [-0.1, -0.05) is 13.0 Å². The van der Waals surface area contributed by atoms with E-state index in [0.29, 0.717) is 12.5 Å². The van der Waals surface area contributed by atoms with Crippen molar-refractivity contribution in [2.75, 3.05) is 0 Å². The lowest BCUT2D eigenvalue weighted by Gasteiger charge is -2.13. The highest BCUT2D eigenvalue weighted by Crippen LogP contribution is 2.22. The Morgan fingerprint density at radius 2 is 2.15 bits per heavy atom. The molecule has 0 amide bonds. The Morgan fingerprint density at radius 1 is 1.40 bits per heavy atom. The van der Waals surface area contributed by atoms with Gasteiger partial charge in [0.25, 0.3) is 0 Å². The maximum Gasteiger partial charge on any atom is 0.124 e. The van der Waals surface area contributed by atoms with Gasteiger partial charge in [0.15, 0.2) is 0 Å². The van der Waals surface area contributed by atoms with Crippen LogP contribution >= 0.6 is 22.6 Å². The second-order valence-corrected chi connectivity index (χ2v) is 6.18. The molecule has 0 aliphatic carbocycles. The van der Waals surface area contributed by atoms with Crippen molar-refractivity contribution >= 4 is 22.6 Å². The van der Waals surface area contributed by atoms with Crippen LogP contribution in [0.15, 0.2) is 30.5 Å². The Hall–Kier alpha value is -0.950. The van der Waals surface area contributed by atoms with Crippen LogP contribution in [0.1, 0.15) is 43.6 Å². The molecule has 0 fully saturated rings. The van der Waals surface area contributed by atoms with E-state index in [2.05, 4.69) is 41.5 Å². The van der Waals surface area contributed by atoms with Gasteiger partial charge in [-0.05, 0) is 59.7 Å². The molecular weight excluding hydrogens is 368 g/mol. The molecule has 1 aromatic heterocycles. The minimum absolute atomic E-state index is 0.164. The summed E-state index contributed by atoms with van der Waals surface area (Å²) in [6.45, 7) is 4.28. The zero-order valence-corrected chi connectivity index (χ0v) is 13.8. The van der Waals surface area contributed by atoms with E-state index in [-0.39, 0.29) is 11.9 Å². The second-order valence-electron chi connectivity index (χ2n) is 5.02. The SMILES string of the molecule is CCC(C)n1ccc(CC(N)c2ccc(F)cc2I)n1. The van der Waals surface area contributed by atoms with Gasteiger partial charge in [-0.15, -0.1) is 0 Å². The molecule has 2 atom stereocenters. The fourth-order valence-corrected chi connectivity index (χ4v) is 2.93. The maximum absolute atomic E-state index is 13.1. The van der Waals surface area contributed by atoms with Gasteiger partial charge in [0.1, 0.15) is 5.82 Å². The van der Waals surface area contributed by atoms with Gasteiger partial charge in [-0.25, -0.2) is 4.39 Å². The third-order valence-corrected chi connectivity index (χ3v) is 4.43. The van der Waals surface area contributed by atoms with Crippen molar-refractivity contribution in [2.45, 2.75) is 38.8 Å². The molecule has 0 saturated heterocycles. The van der Waals surface area contributed by atoms with Crippen molar-refractivity contribution in [1.82, 2.24) is 9.78 Å². The van der Waals surface area contributed by atoms with Crippen LogP contribution in [0.2, 0.25) is 0 Å². The second kappa shape index (κ2) is 6.67. The summed E-state index contributed by atoms with van der Waals surface area (Å²) in [7, 11) is 0. The van der Waals surface area contributed by atoms with Crippen molar-refractivity contribution in [2.24, 2.45) is 5.73 Å². The lowest BCUT2D eigenvalue weighted by molar-refractivity contribution is 0.472. The van der Waals surface area contributed by atoms with Gasteiger partial charge in [0.2, 0.25) is 0 Å². The van der Waals surface area contributed by atoms with Crippen LogP contribution in [0.4, 0.5) is 4.39 Å². The van der Waals surface area contributed by atoms with E-state index in [4.69, 9.17) is 5.73 Å². The predicted octanol–water partition coefficient (Wildman–Crippen LogP) is 3.84. The molecule has 2 unspecified atom stereocenters. The number of halogens is 2. The molecule has 0 saturated carbocycles. The molecular formula is C15H19FIN3. The smallest absolute Gasteiger partial charge is 0.124 e. The summed E-state index contributed by atoms with van der Waals surface area (Å²) in [6, 6.07) is 6.95. The molecule has 2 N–H and O–H groups in total. The third-order valence-electron chi connectivity index (χ3n) is 3.50. The minimum atomic E-state index is -0.230. The molecule has 1 heterocycles. The number of benzene rings is 1. The standard InChI is InChI=1S/C15H19FIN3/c1-3-10(2)20-7-6-12(19-20)9-15(18)13-5-4-11(16)8-14(13)17/h4-8,10,15H,3,9,18H2,1-2H3. The summed E-state index contributed by atoms with van der Waals surface area (Å²) in [5.74, 6) is -0.230. The molecule has 0 aliphatic rings. The Kier molecular flexibility index (Phi) is 5.15. The van der Waals surface area contributed by atoms with Crippen molar-refractivity contribution in [1.29, 1.82) is 0 Å². The number of hydrogen-bond acceptors (Lipinski definition) is 2. The van der Waals surface area contributed by atoms with E-state index < -0.39 is 0 Å². The van der Waals surface area contributed by atoms with Gasteiger partial charge >= 0.3 is 0 Å². The summed E-state index contributed by atoms with van der Waals surface area (Å²) in [5, 5.41) is 4.55. The highest BCUT2D eigenvalue weighted by atomic mass is 127. The first-order valence-corrected chi connectivity index (χ1v) is 7.83. The van der Waals surface area contributed by atoms with Crippen LogP contribution in [0.25, 0.3) is 0 Å². The topological polar surface area (TPSA) is 43.8 Å². The number of nitrogens with zero attached hydrogens (tertiary/aromatic N) is 2. The lowest BCUT2D eigenvalue weighted by Crippen LogP contribution is -2.15. The number of rotatable bonds is 5. The Bertz CT molecular complexity index is 582. The molecule has 20 heavy (non-hydrogen) atoms. The fraction of sp³-hybridized carbons (Fsp3) is 0.400. The van der Waals surface area contributed by atoms with Crippen molar-refractivity contribution in [3.63, 3.8) is 0 Å². The first-order valence-electron chi connectivity index (χ1n) is 6.75. The molecule has 0 bridgehead atoms. The zero-order chi connectivity index (χ0) is 14.7. The zero-order valence-electron chi connectivity index (χ0n) is 11.7. The van der Waals surface area contributed by atoms with E-state index in [1.807, 2.05) is 16.9 Å². The van der Waals surface area contributed by atoms with Crippen LogP contribution in [0.3, 0.4) is 0 Å². The molecule has 2 rings (SSSR count). The largest absolute Gasteiger partial charge is 0.324 e. The molecule has 1 aromatic carbocycles. The molecule has 108 valence electrons. The molecule has 0 spiro atoms. The van der Waals surface area contributed by atoms with E-state index in [1.54, 1.807) is 6.07 Å². The van der Waals surface area contributed by atoms with E-state index >= 15 is 0 Å². The Balaban J connectivity index is 2.11. The molecule has 0 aliphatic heterocycles. The van der Waals surface area contributed by atoms with Crippen LogP contribution in [-0.2, 0) is 6.42 Å². The molecule has 0 radical (unpaired) electrons. The summed E-state index contributed by atoms with van der Waals surface area (Å²) < 4.78 is 15.9. The third kappa shape index (κ3) is 3.58. The lowest BCUT2D eigenvalue weighted by atomic mass is 10.0. The summed E-state index contributed by atoms with van der Waals surface area (Å²) in [4.78, 5) is 0. The maximum atomic E-state index is 13.1. The number of hydrogen-bond donors (Lipinski definition) is 1. The normalized spacial score (nSPS) is 14.2. The average molecular weight is 387 g/mol. The Morgan fingerprint density at radius 3 is 2.80 bits per heavy atom. The van der Waals surface area contributed by atoms with Gasteiger partial charge in [-0.2, -0.15) is 5.10 Å². The number of nitrogens with two attached hydrogens (primary N) is 1. The summed E-state index contributed by atoms with van der Waals surface area (Å²) in [5.41, 5.74) is 8.15. The highest BCUT2D eigenvalue weighted by molar-refractivity contribution is 14.1. The van der Waals surface area contributed by atoms with E-state index in [9.17, 15) is 4.39 Å². The Labute approximate surface area is 132 Å². The quantitative estimate of drug-likeness (QED) is 0.793. The van der Waals surface area contributed by atoms with Gasteiger partial charge in [0.05, 0.1) is 5.69 Å². The first-order chi connectivity index (χ1) is 9.51. The van der Waals surface area contributed by atoms with Crippen molar-refractivity contribution in [3.05, 3.63) is 51.1 Å². The minimum Gasteiger partial charge on any atom is -0.324 e. The van der Waals surface area contributed by atoms with Gasteiger partial charge in [-0.3, -0.25) is 4.68 Å². The average Bonchev–Trinajstić information content (AvgIpc) is 2.86. The van der Waals surface area contributed by atoms with Crippen LogP contribution in [0.5, 0.6) is 0 Å². The van der Waals surface area contributed by atoms with Crippen LogP contribution in [-0.4, -0.2) is 9.78 Å². The van der Waals surface area contributed by atoms with Crippen LogP contribution in [0, 0.1) is 9.39 Å². The van der Waals surface area contributed by atoms with Gasteiger partial charge in [0, 0.05) is 28.3 Å². The molecule has 2 aromatic rings. The summed E-state index contributed by atoms with van der Waals surface area (Å²) in [6.07, 6.45) is 3.69. The monoisotopic (exact) mass is 387 g/mol. The summed E-state index contributed by atoms with van der Waals surface area (Å²) >= 11 is 2.12. The fourth-order valence-electron chi connectivity index (χ4n) is 2.06. The van der Waals surface area contributed by atoms with E-state index in [0.717, 1.165) is 21.2 Å². The molecule has 5 heteroatoms. The van der Waals surface area contributed by atoms with Gasteiger partial charge < -0.3 is 5.73 Å². The van der Waals surface area contributed by atoms with E-state index in [1.165, 1.54) is 12.1 Å². The van der Waals surface area contributed by atoms with Crippen LogP contribution < -0.4 is 5.73 Å². The van der Waals surface area contributed by atoms with Crippen molar-refractivity contribution in [3.8, 4) is 0 Å². The predicted molar refractivity (Wildman–Crippen MR) is 87.0 cm³/mol. The highest BCUT2D eigenvalue weighted by Gasteiger charge is 2.13. The van der Waals surface area contributed by atoms with Crippen molar-refractivity contribution < 1.29 is 4.39 Å².